The largest absolute Gasteiger partial charge is 0.384 e. The molecule has 3 N–H and O–H groups in total. The van der Waals surface area contributed by atoms with E-state index in [4.69, 9.17) is 11.1 Å². The van der Waals surface area contributed by atoms with Gasteiger partial charge in [0.1, 0.15) is 5.84 Å². The number of hydrogen-bond acceptors (Lipinski definition) is 2. The Balaban J connectivity index is 2.46. The summed E-state index contributed by atoms with van der Waals surface area (Å²) in [4.78, 5) is 0. The molecule has 0 aromatic heterocycles. The summed E-state index contributed by atoms with van der Waals surface area (Å²) in [7, 11) is 0. The van der Waals surface area contributed by atoms with Crippen molar-refractivity contribution in [3.8, 4) is 0 Å². The minimum atomic E-state index is 0.148. The van der Waals surface area contributed by atoms with Crippen LogP contribution in [0.5, 0.6) is 0 Å². The Labute approximate surface area is 108 Å². The standard InChI is InChI=1S/C14H22N2S/c1-3-4-5-8-17-10-13-7-6-12(14(15)16)9-11(13)2/h6-7,9H,3-5,8,10H2,1-2H3,(H3,15,16). The van der Waals surface area contributed by atoms with Crippen molar-refractivity contribution in [2.75, 3.05) is 5.75 Å². The Morgan fingerprint density at radius 1 is 1.35 bits per heavy atom. The van der Waals surface area contributed by atoms with Gasteiger partial charge in [0, 0.05) is 11.3 Å². The minimum Gasteiger partial charge on any atom is -0.384 e. The average molecular weight is 250 g/mol. The van der Waals surface area contributed by atoms with Gasteiger partial charge in [-0.25, -0.2) is 0 Å². The van der Waals surface area contributed by atoms with E-state index >= 15 is 0 Å². The van der Waals surface area contributed by atoms with Crippen LogP contribution in [0.2, 0.25) is 0 Å². The van der Waals surface area contributed by atoms with E-state index in [1.807, 2.05) is 23.9 Å². The van der Waals surface area contributed by atoms with E-state index in [1.165, 1.54) is 36.1 Å². The SMILES string of the molecule is CCCCCSCc1ccc(C(=N)N)cc1C. The van der Waals surface area contributed by atoms with E-state index in [0.717, 1.165) is 11.3 Å². The van der Waals surface area contributed by atoms with Crippen molar-refractivity contribution in [3.63, 3.8) is 0 Å². The predicted molar refractivity (Wildman–Crippen MR) is 77.9 cm³/mol. The Bertz CT molecular complexity index is 374. The molecule has 1 aromatic carbocycles. The first-order chi connectivity index (χ1) is 8.15. The first-order valence-corrected chi connectivity index (χ1v) is 7.32. The molecule has 0 amide bonds. The smallest absolute Gasteiger partial charge is 0.122 e. The molecule has 0 heterocycles. The van der Waals surface area contributed by atoms with E-state index in [-0.39, 0.29) is 5.84 Å². The number of amidine groups is 1. The maximum atomic E-state index is 7.39. The second-order valence-corrected chi connectivity index (χ2v) is 5.42. The van der Waals surface area contributed by atoms with Gasteiger partial charge in [-0.15, -0.1) is 0 Å². The quantitative estimate of drug-likeness (QED) is 0.440. The van der Waals surface area contributed by atoms with E-state index < -0.39 is 0 Å². The first kappa shape index (κ1) is 14.1. The van der Waals surface area contributed by atoms with Gasteiger partial charge in [-0.2, -0.15) is 11.8 Å². The van der Waals surface area contributed by atoms with Gasteiger partial charge in [0.2, 0.25) is 0 Å². The highest BCUT2D eigenvalue weighted by Crippen LogP contribution is 2.18. The van der Waals surface area contributed by atoms with Gasteiger partial charge in [0.15, 0.2) is 0 Å². The number of aryl methyl sites for hydroxylation is 1. The highest BCUT2D eigenvalue weighted by atomic mass is 32.2. The number of nitrogens with one attached hydrogen (secondary N) is 1. The highest BCUT2D eigenvalue weighted by molar-refractivity contribution is 7.98. The van der Waals surface area contributed by atoms with Gasteiger partial charge >= 0.3 is 0 Å². The molecule has 94 valence electrons. The molecule has 0 aliphatic carbocycles. The molecule has 0 radical (unpaired) electrons. The van der Waals surface area contributed by atoms with Crippen LogP contribution < -0.4 is 5.73 Å². The van der Waals surface area contributed by atoms with Crippen molar-refractivity contribution in [1.29, 1.82) is 5.41 Å². The third-order valence-corrected chi connectivity index (χ3v) is 3.90. The molecule has 0 fully saturated rings. The van der Waals surface area contributed by atoms with Crippen LogP contribution in [0.25, 0.3) is 0 Å². The zero-order valence-electron chi connectivity index (χ0n) is 10.8. The van der Waals surface area contributed by atoms with Crippen molar-refractivity contribution in [2.45, 2.75) is 38.9 Å². The molecule has 0 bridgehead atoms. The number of rotatable bonds is 7. The molecule has 0 unspecified atom stereocenters. The molecule has 1 aromatic rings. The fraction of sp³-hybridized carbons (Fsp3) is 0.500. The number of nitrogen functional groups attached to an aromatic ring is 1. The molecule has 0 atom stereocenters. The second-order valence-electron chi connectivity index (χ2n) is 4.31. The van der Waals surface area contributed by atoms with Crippen molar-refractivity contribution >= 4 is 17.6 Å². The van der Waals surface area contributed by atoms with Gasteiger partial charge in [-0.05, 0) is 36.3 Å². The van der Waals surface area contributed by atoms with Crippen LogP contribution in [-0.2, 0) is 5.75 Å². The molecule has 0 saturated carbocycles. The molecule has 2 nitrogen and oxygen atoms in total. The lowest BCUT2D eigenvalue weighted by Gasteiger charge is -2.07. The monoisotopic (exact) mass is 250 g/mol. The molecular weight excluding hydrogens is 228 g/mol. The van der Waals surface area contributed by atoms with Crippen LogP contribution in [0, 0.1) is 12.3 Å². The second kappa shape index (κ2) is 7.38. The number of thioether (sulfide) groups is 1. The van der Waals surface area contributed by atoms with Crippen molar-refractivity contribution in [1.82, 2.24) is 0 Å². The van der Waals surface area contributed by atoms with Crippen LogP contribution in [0.15, 0.2) is 18.2 Å². The molecule has 3 heteroatoms. The van der Waals surface area contributed by atoms with Crippen LogP contribution >= 0.6 is 11.8 Å². The fourth-order valence-corrected chi connectivity index (χ4v) is 2.76. The lowest BCUT2D eigenvalue weighted by molar-refractivity contribution is 0.778. The summed E-state index contributed by atoms with van der Waals surface area (Å²) in [5, 5.41) is 7.39. The summed E-state index contributed by atoms with van der Waals surface area (Å²) in [6.45, 7) is 4.32. The number of hydrogen-bond donors (Lipinski definition) is 2. The normalized spacial score (nSPS) is 10.5. The molecule has 17 heavy (non-hydrogen) atoms. The van der Waals surface area contributed by atoms with Gasteiger partial charge in [0.05, 0.1) is 0 Å². The van der Waals surface area contributed by atoms with Crippen LogP contribution in [-0.4, -0.2) is 11.6 Å². The molecule has 0 spiro atoms. The highest BCUT2D eigenvalue weighted by Gasteiger charge is 2.02. The summed E-state index contributed by atoms with van der Waals surface area (Å²) >= 11 is 1.99. The van der Waals surface area contributed by atoms with Crippen LogP contribution in [0.3, 0.4) is 0 Å². The first-order valence-electron chi connectivity index (χ1n) is 6.16. The van der Waals surface area contributed by atoms with Gasteiger partial charge in [0.25, 0.3) is 0 Å². The summed E-state index contributed by atoms with van der Waals surface area (Å²) in [6.07, 6.45) is 3.92. The minimum absolute atomic E-state index is 0.148. The zero-order chi connectivity index (χ0) is 12.7. The van der Waals surface area contributed by atoms with Gasteiger partial charge in [-0.1, -0.05) is 31.9 Å². The number of benzene rings is 1. The van der Waals surface area contributed by atoms with Crippen molar-refractivity contribution in [3.05, 3.63) is 34.9 Å². The molecule has 0 aliphatic heterocycles. The summed E-state index contributed by atoms with van der Waals surface area (Å²) in [5.74, 6) is 2.45. The Hall–Kier alpha value is -0.960. The maximum Gasteiger partial charge on any atom is 0.122 e. The number of unbranched alkanes of at least 4 members (excludes halogenated alkanes) is 2. The maximum absolute atomic E-state index is 7.39. The summed E-state index contributed by atoms with van der Waals surface area (Å²) < 4.78 is 0. The average Bonchev–Trinajstić information content (AvgIpc) is 2.30. The molecule has 0 saturated heterocycles. The third-order valence-electron chi connectivity index (χ3n) is 2.80. The molecule has 0 aliphatic rings. The lowest BCUT2D eigenvalue weighted by Crippen LogP contribution is -2.11. The topological polar surface area (TPSA) is 49.9 Å². The summed E-state index contributed by atoms with van der Waals surface area (Å²) in [6, 6.07) is 6.04. The van der Waals surface area contributed by atoms with Crippen molar-refractivity contribution in [2.24, 2.45) is 5.73 Å². The van der Waals surface area contributed by atoms with Gasteiger partial charge < -0.3 is 5.73 Å². The lowest BCUT2D eigenvalue weighted by atomic mass is 10.1. The van der Waals surface area contributed by atoms with Crippen LogP contribution in [0.1, 0.15) is 42.9 Å². The summed E-state index contributed by atoms with van der Waals surface area (Å²) in [5.41, 5.74) is 8.88. The van der Waals surface area contributed by atoms with Gasteiger partial charge in [-0.3, -0.25) is 5.41 Å². The van der Waals surface area contributed by atoms with Crippen molar-refractivity contribution < 1.29 is 0 Å². The molecular formula is C14H22N2S. The molecule has 1 rings (SSSR count). The van der Waals surface area contributed by atoms with E-state index in [2.05, 4.69) is 19.9 Å². The fourth-order valence-electron chi connectivity index (χ4n) is 1.66. The zero-order valence-corrected chi connectivity index (χ0v) is 11.6. The van der Waals surface area contributed by atoms with E-state index in [1.54, 1.807) is 0 Å². The Morgan fingerprint density at radius 2 is 2.12 bits per heavy atom. The third kappa shape index (κ3) is 4.82. The number of nitrogens with two attached hydrogens (primary N) is 1. The Kier molecular flexibility index (Phi) is 6.12. The van der Waals surface area contributed by atoms with Crippen LogP contribution in [0.4, 0.5) is 0 Å². The Morgan fingerprint density at radius 3 is 2.71 bits per heavy atom. The van der Waals surface area contributed by atoms with E-state index in [0.29, 0.717) is 0 Å². The predicted octanol–water partition coefficient (Wildman–Crippen LogP) is 3.70. The van der Waals surface area contributed by atoms with E-state index in [9.17, 15) is 0 Å².